The van der Waals surface area contributed by atoms with Crippen LogP contribution in [-0.4, -0.2) is 16.3 Å². The monoisotopic (exact) mass is 293 g/mol. The molecule has 1 aliphatic rings. The molecule has 0 fully saturated rings. The van der Waals surface area contributed by atoms with Crippen molar-refractivity contribution in [3.63, 3.8) is 0 Å². The van der Waals surface area contributed by atoms with E-state index in [9.17, 15) is 9.18 Å². The van der Waals surface area contributed by atoms with Crippen molar-refractivity contribution >= 4 is 17.3 Å². The maximum Gasteiger partial charge on any atom is 0.269 e. The topological polar surface area (TPSA) is 46.9 Å². The lowest BCUT2D eigenvalue weighted by Gasteiger charge is -2.17. The lowest BCUT2D eigenvalue weighted by Crippen LogP contribution is -2.27. The van der Waals surface area contributed by atoms with Crippen LogP contribution in [0.2, 0.25) is 5.02 Å². The average molecular weight is 294 g/mol. The molecule has 0 aliphatic carbocycles. The standard InChI is InChI=1S/C14H13ClFN3O/c15-10-4-3-9(6-11(10)16)8-19-14(20)7-13-12(18-19)2-1-5-17-13/h3-4,6-7,17H,1-2,5,8H2. The fourth-order valence-electron chi connectivity index (χ4n) is 2.27. The summed E-state index contributed by atoms with van der Waals surface area (Å²) in [5.41, 5.74) is 2.14. The highest BCUT2D eigenvalue weighted by Gasteiger charge is 2.13. The highest BCUT2D eigenvalue weighted by molar-refractivity contribution is 6.30. The average Bonchev–Trinajstić information content (AvgIpc) is 2.44. The second-order valence-electron chi connectivity index (χ2n) is 4.78. The zero-order valence-corrected chi connectivity index (χ0v) is 11.5. The lowest BCUT2D eigenvalue weighted by molar-refractivity contribution is 0.596. The van der Waals surface area contributed by atoms with Crippen molar-refractivity contribution in [3.05, 3.63) is 56.7 Å². The maximum atomic E-state index is 13.4. The molecule has 1 N–H and O–H groups in total. The molecule has 104 valence electrons. The molecule has 0 spiro atoms. The first kappa shape index (κ1) is 13.1. The van der Waals surface area contributed by atoms with Gasteiger partial charge in [-0.3, -0.25) is 4.79 Å². The second-order valence-corrected chi connectivity index (χ2v) is 5.19. The number of aromatic nitrogens is 2. The molecule has 0 atom stereocenters. The van der Waals surface area contributed by atoms with Crippen LogP contribution in [0.25, 0.3) is 0 Å². The number of rotatable bonds is 2. The van der Waals surface area contributed by atoms with Crippen LogP contribution in [0.15, 0.2) is 29.1 Å². The number of benzene rings is 1. The van der Waals surface area contributed by atoms with Gasteiger partial charge in [0, 0.05) is 12.6 Å². The van der Waals surface area contributed by atoms with Gasteiger partial charge in [-0.25, -0.2) is 9.07 Å². The molecule has 2 heterocycles. The first-order valence-corrected chi connectivity index (χ1v) is 6.80. The van der Waals surface area contributed by atoms with Gasteiger partial charge in [-0.05, 0) is 30.5 Å². The normalized spacial score (nSPS) is 13.7. The first-order chi connectivity index (χ1) is 9.63. The van der Waals surface area contributed by atoms with E-state index in [0.29, 0.717) is 5.56 Å². The zero-order valence-electron chi connectivity index (χ0n) is 10.7. The summed E-state index contributed by atoms with van der Waals surface area (Å²) in [6.45, 7) is 1.10. The van der Waals surface area contributed by atoms with Crippen LogP contribution in [0.1, 0.15) is 17.7 Å². The lowest BCUT2D eigenvalue weighted by atomic mass is 10.1. The summed E-state index contributed by atoms with van der Waals surface area (Å²) in [6.07, 6.45) is 1.84. The van der Waals surface area contributed by atoms with E-state index in [4.69, 9.17) is 11.6 Å². The molecule has 0 bridgehead atoms. The van der Waals surface area contributed by atoms with Crippen LogP contribution in [0.3, 0.4) is 0 Å². The summed E-state index contributed by atoms with van der Waals surface area (Å²) in [4.78, 5) is 12.0. The van der Waals surface area contributed by atoms with Crippen molar-refractivity contribution in [2.75, 3.05) is 11.9 Å². The maximum absolute atomic E-state index is 13.4. The number of hydrogen-bond donors (Lipinski definition) is 1. The van der Waals surface area contributed by atoms with Crippen LogP contribution < -0.4 is 10.9 Å². The van der Waals surface area contributed by atoms with E-state index in [1.807, 2.05) is 0 Å². The van der Waals surface area contributed by atoms with Gasteiger partial charge in [-0.1, -0.05) is 17.7 Å². The molecule has 20 heavy (non-hydrogen) atoms. The Labute approximate surface area is 120 Å². The largest absolute Gasteiger partial charge is 0.383 e. The van der Waals surface area contributed by atoms with Gasteiger partial charge in [0.2, 0.25) is 0 Å². The second kappa shape index (κ2) is 5.25. The SMILES string of the molecule is O=c1cc2c(nn1Cc1ccc(Cl)c(F)c1)CCCN2. The van der Waals surface area contributed by atoms with Gasteiger partial charge in [0.05, 0.1) is 22.9 Å². The van der Waals surface area contributed by atoms with Gasteiger partial charge < -0.3 is 5.32 Å². The molecule has 0 amide bonds. The first-order valence-electron chi connectivity index (χ1n) is 6.42. The van der Waals surface area contributed by atoms with E-state index in [-0.39, 0.29) is 17.1 Å². The molecule has 2 aromatic rings. The molecule has 3 rings (SSSR count). The molecule has 1 aromatic heterocycles. The number of nitrogens with zero attached hydrogens (tertiary/aromatic N) is 2. The van der Waals surface area contributed by atoms with Crippen molar-refractivity contribution in [2.24, 2.45) is 0 Å². The number of hydrogen-bond acceptors (Lipinski definition) is 3. The molecule has 6 heteroatoms. The minimum atomic E-state index is -0.489. The van der Waals surface area contributed by atoms with E-state index in [0.717, 1.165) is 30.8 Å². The van der Waals surface area contributed by atoms with Gasteiger partial charge >= 0.3 is 0 Å². The fraction of sp³-hybridized carbons (Fsp3) is 0.286. The Balaban J connectivity index is 1.94. The Kier molecular flexibility index (Phi) is 3.44. The van der Waals surface area contributed by atoms with Gasteiger partial charge in [0.1, 0.15) is 5.82 Å². The third kappa shape index (κ3) is 2.54. The minimum Gasteiger partial charge on any atom is -0.383 e. The highest BCUT2D eigenvalue weighted by atomic mass is 35.5. The number of nitrogens with one attached hydrogen (secondary N) is 1. The number of halogens is 2. The predicted octanol–water partition coefficient (Wildman–Crippen LogP) is 2.44. The van der Waals surface area contributed by atoms with E-state index in [1.54, 1.807) is 12.1 Å². The molecule has 0 saturated carbocycles. The summed E-state index contributed by atoms with van der Waals surface area (Å²) >= 11 is 5.64. The summed E-state index contributed by atoms with van der Waals surface area (Å²) in [5, 5.41) is 7.58. The number of anilines is 1. The van der Waals surface area contributed by atoms with Crippen molar-refractivity contribution < 1.29 is 4.39 Å². The Bertz CT molecular complexity index is 714. The van der Waals surface area contributed by atoms with Gasteiger partial charge in [-0.15, -0.1) is 0 Å². The third-order valence-electron chi connectivity index (χ3n) is 3.30. The zero-order chi connectivity index (χ0) is 14.1. The summed E-state index contributed by atoms with van der Waals surface area (Å²) in [6, 6.07) is 6.05. The molecule has 0 saturated heterocycles. The fourth-order valence-corrected chi connectivity index (χ4v) is 2.39. The van der Waals surface area contributed by atoms with E-state index in [1.165, 1.54) is 16.8 Å². The van der Waals surface area contributed by atoms with Gasteiger partial charge in [-0.2, -0.15) is 5.10 Å². The summed E-state index contributed by atoms with van der Waals surface area (Å²) in [7, 11) is 0. The molecule has 1 aromatic carbocycles. The molecular formula is C14H13ClFN3O. The highest BCUT2D eigenvalue weighted by Crippen LogP contribution is 2.18. The Morgan fingerprint density at radius 3 is 3.05 bits per heavy atom. The molecule has 0 unspecified atom stereocenters. The third-order valence-corrected chi connectivity index (χ3v) is 3.60. The van der Waals surface area contributed by atoms with Crippen molar-refractivity contribution in [1.29, 1.82) is 0 Å². The summed E-state index contributed by atoms with van der Waals surface area (Å²) in [5.74, 6) is -0.489. The van der Waals surface area contributed by atoms with E-state index >= 15 is 0 Å². The number of aryl methyl sites for hydroxylation is 1. The molecular weight excluding hydrogens is 281 g/mol. The van der Waals surface area contributed by atoms with Gasteiger partial charge in [0.15, 0.2) is 0 Å². The van der Waals surface area contributed by atoms with E-state index in [2.05, 4.69) is 10.4 Å². The van der Waals surface area contributed by atoms with Crippen LogP contribution in [0.4, 0.5) is 10.1 Å². The molecule has 1 aliphatic heterocycles. The number of fused-ring (bicyclic) bond motifs is 1. The predicted molar refractivity (Wildman–Crippen MR) is 75.8 cm³/mol. The molecule has 0 radical (unpaired) electrons. The van der Waals surface area contributed by atoms with Crippen LogP contribution in [0.5, 0.6) is 0 Å². The van der Waals surface area contributed by atoms with Crippen LogP contribution in [0, 0.1) is 5.82 Å². The van der Waals surface area contributed by atoms with Crippen LogP contribution >= 0.6 is 11.6 Å². The van der Waals surface area contributed by atoms with Crippen molar-refractivity contribution in [1.82, 2.24) is 9.78 Å². The Morgan fingerprint density at radius 1 is 1.40 bits per heavy atom. The Hall–Kier alpha value is -1.88. The van der Waals surface area contributed by atoms with Gasteiger partial charge in [0.25, 0.3) is 5.56 Å². The van der Waals surface area contributed by atoms with Crippen molar-refractivity contribution in [3.8, 4) is 0 Å². The smallest absolute Gasteiger partial charge is 0.269 e. The van der Waals surface area contributed by atoms with Crippen LogP contribution in [-0.2, 0) is 13.0 Å². The summed E-state index contributed by atoms with van der Waals surface area (Å²) < 4.78 is 14.8. The quantitative estimate of drug-likeness (QED) is 0.925. The van der Waals surface area contributed by atoms with E-state index < -0.39 is 5.82 Å². The Morgan fingerprint density at radius 2 is 2.25 bits per heavy atom. The van der Waals surface area contributed by atoms with Crippen molar-refractivity contribution in [2.45, 2.75) is 19.4 Å². The molecule has 4 nitrogen and oxygen atoms in total. The minimum absolute atomic E-state index is 0.0729.